The predicted molar refractivity (Wildman–Crippen MR) is 66.0 cm³/mol. The topological polar surface area (TPSA) is 12.0 Å². The third kappa shape index (κ3) is 1.46. The average Bonchev–Trinajstić information content (AvgIpc) is 2.67. The minimum Gasteiger partial charge on any atom is -0.312 e. The summed E-state index contributed by atoms with van der Waals surface area (Å²) in [7, 11) is 0. The Morgan fingerprint density at radius 3 is 2.80 bits per heavy atom. The highest BCUT2D eigenvalue weighted by Crippen LogP contribution is 2.46. The Morgan fingerprint density at radius 2 is 2.00 bits per heavy atom. The van der Waals surface area contributed by atoms with Crippen molar-refractivity contribution in [3.8, 4) is 0 Å². The number of halogens is 1. The monoisotopic (exact) mass is 265 g/mol. The zero-order chi connectivity index (χ0) is 10.3. The first-order valence-electron chi connectivity index (χ1n) is 5.80. The van der Waals surface area contributed by atoms with Crippen LogP contribution in [0.1, 0.15) is 36.8 Å². The molecule has 15 heavy (non-hydrogen) atoms. The van der Waals surface area contributed by atoms with Crippen LogP contribution in [0.2, 0.25) is 0 Å². The van der Waals surface area contributed by atoms with Gasteiger partial charge in [0.15, 0.2) is 0 Å². The summed E-state index contributed by atoms with van der Waals surface area (Å²) in [5.74, 6) is 0. The lowest BCUT2D eigenvalue weighted by molar-refractivity contribution is 0.375. The molecule has 1 heterocycles. The molecule has 0 unspecified atom stereocenters. The van der Waals surface area contributed by atoms with Crippen LogP contribution in [-0.4, -0.2) is 6.54 Å². The van der Waals surface area contributed by atoms with Crippen molar-refractivity contribution in [2.75, 3.05) is 6.54 Å². The van der Waals surface area contributed by atoms with Gasteiger partial charge in [0.25, 0.3) is 0 Å². The minimum absolute atomic E-state index is 0.438. The number of nitrogens with one attached hydrogen (secondary N) is 1. The summed E-state index contributed by atoms with van der Waals surface area (Å²) in [6, 6.07) is 6.62. The van der Waals surface area contributed by atoms with Crippen LogP contribution in [0.15, 0.2) is 22.7 Å². The normalized spacial score (nSPS) is 23.0. The molecular weight excluding hydrogens is 250 g/mol. The number of rotatable bonds is 0. The van der Waals surface area contributed by atoms with E-state index in [-0.39, 0.29) is 0 Å². The second kappa shape index (κ2) is 3.60. The molecule has 0 atom stereocenters. The van der Waals surface area contributed by atoms with Crippen LogP contribution < -0.4 is 5.32 Å². The van der Waals surface area contributed by atoms with Gasteiger partial charge >= 0.3 is 0 Å². The summed E-state index contributed by atoms with van der Waals surface area (Å²) in [5, 5.41) is 3.58. The fraction of sp³-hybridized carbons (Fsp3) is 0.538. The molecule has 3 rings (SSSR count). The van der Waals surface area contributed by atoms with Crippen LogP contribution in [0.3, 0.4) is 0 Å². The number of fused-ring (bicyclic) bond motifs is 2. The first-order chi connectivity index (χ1) is 7.32. The van der Waals surface area contributed by atoms with Crippen molar-refractivity contribution in [3.05, 3.63) is 33.8 Å². The standard InChI is InChI=1S/C13H16BrN/c14-11-5-3-4-10-8-15-9-13(12(10)11)6-1-2-7-13/h3-5,15H,1-2,6-9H2. The Bertz CT molecular complexity index is 380. The van der Waals surface area contributed by atoms with E-state index in [1.54, 1.807) is 5.56 Å². The van der Waals surface area contributed by atoms with Crippen molar-refractivity contribution >= 4 is 15.9 Å². The van der Waals surface area contributed by atoms with Gasteiger partial charge in [-0.2, -0.15) is 0 Å². The van der Waals surface area contributed by atoms with E-state index >= 15 is 0 Å². The van der Waals surface area contributed by atoms with Crippen LogP contribution >= 0.6 is 15.9 Å². The molecular formula is C13H16BrN. The first kappa shape index (κ1) is 9.86. The molecule has 0 amide bonds. The highest BCUT2D eigenvalue weighted by molar-refractivity contribution is 9.10. The molecule has 1 fully saturated rings. The molecule has 2 heteroatoms. The van der Waals surface area contributed by atoms with Crippen molar-refractivity contribution in [2.24, 2.45) is 0 Å². The van der Waals surface area contributed by atoms with Gasteiger partial charge in [0.1, 0.15) is 0 Å². The number of benzene rings is 1. The van der Waals surface area contributed by atoms with Crippen molar-refractivity contribution in [1.29, 1.82) is 0 Å². The third-order valence-electron chi connectivity index (χ3n) is 3.97. The molecule has 1 spiro atoms. The lowest BCUT2D eigenvalue weighted by Gasteiger charge is -2.37. The Morgan fingerprint density at radius 1 is 1.20 bits per heavy atom. The maximum Gasteiger partial charge on any atom is 0.0216 e. The van der Waals surface area contributed by atoms with Crippen LogP contribution in [0.4, 0.5) is 0 Å². The third-order valence-corrected chi connectivity index (χ3v) is 4.63. The molecule has 1 aliphatic heterocycles. The van der Waals surface area contributed by atoms with E-state index in [1.807, 2.05) is 0 Å². The quantitative estimate of drug-likeness (QED) is 0.759. The van der Waals surface area contributed by atoms with E-state index in [2.05, 4.69) is 39.4 Å². The second-order valence-electron chi connectivity index (χ2n) is 4.86. The van der Waals surface area contributed by atoms with Crippen LogP contribution in [0.25, 0.3) is 0 Å². The Balaban J connectivity index is 2.16. The number of hydrogen-bond acceptors (Lipinski definition) is 1. The van der Waals surface area contributed by atoms with Crippen LogP contribution in [0.5, 0.6) is 0 Å². The van der Waals surface area contributed by atoms with E-state index in [0.29, 0.717) is 5.41 Å². The molecule has 1 nitrogen and oxygen atoms in total. The largest absolute Gasteiger partial charge is 0.312 e. The van der Waals surface area contributed by atoms with Gasteiger partial charge in [-0.05, 0) is 30.0 Å². The minimum atomic E-state index is 0.438. The first-order valence-corrected chi connectivity index (χ1v) is 6.60. The van der Waals surface area contributed by atoms with Gasteiger partial charge in [-0.3, -0.25) is 0 Å². The van der Waals surface area contributed by atoms with Gasteiger partial charge in [0.05, 0.1) is 0 Å². The van der Waals surface area contributed by atoms with Gasteiger partial charge in [-0.15, -0.1) is 0 Å². The van der Waals surface area contributed by atoms with Gasteiger partial charge in [0.2, 0.25) is 0 Å². The molecule has 0 saturated heterocycles. The maximum absolute atomic E-state index is 3.74. The Kier molecular flexibility index (Phi) is 2.37. The zero-order valence-electron chi connectivity index (χ0n) is 8.85. The highest BCUT2D eigenvalue weighted by atomic mass is 79.9. The van der Waals surface area contributed by atoms with E-state index < -0.39 is 0 Å². The summed E-state index contributed by atoms with van der Waals surface area (Å²) in [4.78, 5) is 0. The fourth-order valence-electron chi connectivity index (χ4n) is 3.31. The fourth-order valence-corrected chi connectivity index (χ4v) is 4.14. The van der Waals surface area contributed by atoms with Crippen molar-refractivity contribution in [1.82, 2.24) is 5.32 Å². The Labute approximate surface area is 99.4 Å². The smallest absolute Gasteiger partial charge is 0.0216 e. The van der Waals surface area contributed by atoms with Crippen molar-refractivity contribution in [2.45, 2.75) is 37.6 Å². The summed E-state index contributed by atoms with van der Waals surface area (Å²) >= 11 is 3.74. The maximum atomic E-state index is 3.74. The zero-order valence-corrected chi connectivity index (χ0v) is 10.4. The predicted octanol–water partition coefficient (Wildman–Crippen LogP) is 3.36. The summed E-state index contributed by atoms with van der Waals surface area (Å²) in [6.07, 6.45) is 5.50. The lowest BCUT2D eigenvalue weighted by Crippen LogP contribution is -2.41. The van der Waals surface area contributed by atoms with Gasteiger partial charge in [-0.25, -0.2) is 0 Å². The molecule has 1 aromatic rings. The van der Waals surface area contributed by atoms with E-state index in [1.165, 1.54) is 42.3 Å². The summed E-state index contributed by atoms with van der Waals surface area (Å²) in [6.45, 7) is 2.21. The molecule has 1 aliphatic carbocycles. The van der Waals surface area contributed by atoms with Gasteiger partial charge < -0.3 is 5.32 Å². The lowest BCUT2D eigenvalue weighted by atomic mass is 9.74. The number of hydrogen-bond donors (Lipinski definition) is 1. The van der Waals surface area contributed by atoms with Crippen LogP contribution in [-0.2, 0) is 12.0 Å². The average molecular weight is 266 g/mol. The van der Waals surface area contributed by atoms with Gasteiger partial charge in [-0.1, -0.05) is 40.9 Å². The molecule has 0 radical (unpaired) electrons. The molecule has 0 bridgehead atoms. The Hall–Kier alpha value is -0.340. The molecule has 1 N–H and O–H groups in total. The molecule has 80 valence electrons. The molecule has 2 aliphatic rings. The molecule has 0 aromatic heterocycles. The van der Waals surface area contributed by atoms with E-state index in [9.17, 15) is 0 Å². The van der Waals surface area contributed by atoms with Crippen molar-refractivity contribution < 1.29 is 0 Å². The van der Waals surface area contributed by atoms with Crippen molar-refractivity contribution in [3.63, 3.8) is 0 Å². The SMILES string of the molecule is Brc1cccc2c1C1(CCCC1)CNC2. The van der Waals surface area contributed by atoms with Crippen LogP contribution in [0, 0.1) is 0 Å². The summed E-state index contributed by atoms with van der Waals surface area (Å²) in [5.41, 5.74) is 3.53. The second-order valence-corrected chi connectivity index (χ2v) is 5.72. The molecule has 1 aromatic carbocycles. The molecule has 1 saturated carbocycles. The highest BCUT2D eigenvalue weighted by Gasteiger charge is 2.40. The van der Waals surface area contributed by atoms with E-state index in [4.69, 9.17) is 0 Å². The summed E-state index contributed by atoms with van der Waals surface area (Å²) < 4.78 is 1.32. The van der Waals surface area contributed by atoms with E-state index in [0.717, 1.165) is 6.54 Å². The van der Waals surface area contributed by atoms with Gasteiger partial charge in [0, 0.05) is 23.0 Å².